The maximum atomic E-state index is 11.8. The van der Waals surface area contributed by atoms with Crippen molar-refractivity contribution < 1.29 is 9.53 Å². The fourth-order valence-electron chi connectivity index (χ4n) is 2.09. The SMILES string of the molecule is CCOc1ccccc1CNC(=NC)NCCC(=O)NC(C)CC. The lowest BCUT2D eigenvalue weighted by molar-refractivity contribution is -0.121. The highest BCUT2D eigenvalue weighted by atomic mass is 16.5. The number of nitrogens with one attached hydrogen (secondary N) is 3. The molecule has 0 saturated heterocycles. The Kier molecular flexibility index (Phi) is 9.34. The summed E-state index contributed by atoms with van der Waals surface area (Å²) in [4.78, 5) is 15.9. The third kappa shape index (κ3) is 7.35. The van der Waals surface area contributed by atoms with Gasteiger partial charge in [-0.05, 0) is 26.3 Å². The van der Waals surface area contributed by atoms with Crippen LogP contribution in [0.4, 0.5) is 0 Å². The van der Waals surface area contributed by atoms with E-state index in [2.05, 4.69) is 27.9 Å². The summed E-state index contributed by atoms with van der Waals surface area (Å²) < 4.78 is 5.61. The summed E-state index contributed by atoms with van der Waals surface area (Å²) >= 11 is 0. The summed E-state index contributed by atoms with van der Waals surface area (Å²) in [7, 11) is 1.71. The van der Waals surface area contributed by atoms with Crippen LogP contribution in [0.1, 0.15) is 39.2 Å². The van der Waals surface area contributed by atoms with E-state index in [1.165, 1.54) is 0 Å². The average molecular weight is 334 g/mol. The number of amides is 1. The quantitative estimate of drug-likeness (QED) is 0.477. The molecule has 1 amide bonds. The topological polar surface area (TPSA) is 74.8 Å². The molecule has 0 heterocycles. The van der Waals surface area contributed by atoms with Crippen molar-refractivity contribution in [2.45, 2.75) is 46.2 Å². The van der Waals surface area contributed by atoms with Gasteiger partial charge in [0.1, 0.15) is 5.75 Å². The molecule has 1 unspecified atom stereocenters. The number of guanidine groups is 1. The number of hydrogen-bond acceptors (Lipinski definition) is 3. The van der Waals surface area contributed by atoms with Crippen LogP contribution in [0.3, 0.4) is 0 Å². The first kappa shape index (κ1) is 19.8. The Balaban J connectivity index is 2.39. The number of nitrogens with zero attached hydrogens (tertiary/aromatic N) is 1. The molecule has 0 aliphatic rings. The Morgan fingerprint density at radius 1 is 1.25 bits per heavy atom. The van der Waals surface area contributed by atoms with E-state index in [-0.39, 0.29) is 11.9 Å². The van der Waals surface area contributed by atoms with Gasteiger partial charge in [-0.2, -0.15) is 0 Å². The summed E-state index contributed by atoms with van der Waals surface area (Å²) in [6.07, 6.45) is 1.35. The van der Waals surface area contributed by atoms with E-state index in [0.717, 1.165) is 17.7 Å². The van der Waals surface area contributed by atoms with Crippen LogP contribution >= 0.6 is 0 Å². The molecule has 1 atom stereocenters. The van der Waals surface area contributed by atoms with Gasteiger partial charge < -0.3 is 20.7 Å². The summed E-state index contributed by atoms with van der Waals surface area (Å²) in [6.45, 7) is 7.80. The third-order valence-corrected chi connectivity index (χ3v) is 3.61. The van der Waals surface area contributed by atoms with Crippen molar-refractivity contribution in [2.75, 3.05) is 20.2 Å². The number of carbonyl (C=O) groups excluding carboxylic acids is 1. The lowest BCUT2D eigenvalue weighted by Gasteiger charge is -2.15. The van der Waals surface area contributed by atoms with Gasteiger partial charge >= 0.3 is 0 Å². The minimum absolute atomic E-state index is 0.0500. The Labute approximate surface area is 145 Å². The van der Waals surface area contributed by atoms with Crippen molar-refractivity contribution >= 4 is 11.9 Å². The van der Waals surface area contributed by atoms with Crippen molar-refractivity contribution in [3.63, 3.8) is 0 Å². The Hall–Kier alpha value is -2.24. The Morgan fingerprint density at radius 2 is 2.00 bits per heavy atom. The zero-order chi connectivity index (χ0) is 17.8. The van der Waals surface area contributed by atoms with Gasteiger partial charge in [0.25, 0.3) is 0 Å². The molecular weight excluding hydrogens is 304 g/mol. The number of benzene rings is 1. The second-order valence-electron chi connectivity index (χ2n) is 5.52. The molecule has 1 aromatic rings. The molecule has 0 spiro atoms. The molecule has 0 aliphatic carbocycles. The normalized spacial score (nSPS) is 12.4. The van der Waals surface area contributed by atoms with Crippen molar-refractivity contribution in [1.82, 2.24) is 16.0 Å². The van der Waals surface area contributed by atoms with E-state index in [1.54, 1.807) is 7.05 Å². The van der Waals surface area contributed by atoms with Gasteiger partial charge in [-0.15, -0.1) is 0 Å². The smallest absolute Gasteiger partial charge is 0.221 e. The summed E-state index contributed by atoms with van der Waals surface area (Å²) in [5.74, 6) is 1.59. The molecule has 0 bridgehead atoms. The second kappa shape index (κ2) is 11.3. The predicted octanol–water partition coefficient (Wildman–Crippen LogP) is 2.06. The number of carbonyl (C=O) groups is 1. The van der Waals surface area contributed by atoms with Crippen LogP contribution in [0.2, 0.25) is 0 Å². The number of rotatable bonds is 9. The van der Waals surface area contributed by atoms with Crippen LogP contribution in [0.25, 0.3) is 0 Å². The number of hydrogen-bond donors (Lipinski definition) is 3. The molecule has 134 valence electrons. The molecule has 24 heavy (non-hydrogen) atoms. The van der Waals surface area contributed by atoms with E-state index in [9.17, 15) is 4.79 Å². The van der Waals surface area contributed by atoms with Gasteiger partial charge in [0.15, 0.2) is 5.96 Å². The number of aliphatic imine (C=N–C) groups is 1. The molecule has 0 aliphatic heterocycles. The molecule has 0 radical (unpaired) electrons. The van der Waals surface area contributed by atoms with Crippen LogP contribution in [0.5, 0.6) is 5.75 Å². The van der Waals surface area contributed by atoms with Gasteiger partial charge in [-0.1, -0.05) is 25.1 Å². The van der Waals surface area contributed by atoms with Crippen molar-refractivity contribution in [2.24, 2.45) is 4.99 Å². The molecule has 0 saturated carbocycles. The van der Waals surface area contributed by atoms with E-state index < -0.39 is 0 Å². The second-order valence-corrected chi connectivity index (χ2v) is 5.52. The number of ether oxygens (including phenoxy) is 1. The largest absolute Gasteiger partial charge is 0.494 e. The van der Waals surface area contributed by atoms with Gasteiger partial charge in [0.05, 0.1) is 6.61 Å². The summed E-state index contributed by atoms with van der Waals surface area (Å²) in [5.41, 5.74) is 1.07. The zero-order valence-electron chi connectivity index (χ0n) is 15.2. The molecule has 3 N–H and O–H groups in total. The van der Waals surface area contributed by atoms with E-state index in [0.29, 0.717) is 32.1 Å². The molecule has 1 rings (SSSR count). The lowest BCUT2D eigenvalue weighted by Crippen LogP contribution is -2.40. The molecule has 0 aromatic heterocycles. The fraction of sp³-hybridized carbons (Fsp3) is 0.556. The predicted molar refractivity (Wildman–Crippen MR) is 98.3 cm³/mol. The van der Waals surface area contributed by atoms with Gasteiger partial charge in [-0.3, -0.25) is 9.79 Å². The summed E-state index contributed by atoms with van der Waals surface area (Å²) in [5, 5.41) is 9.33. The fourth-order valence-corrected chi connectivity index (χ4v) is 2.09. The molecular formula is C18H30N4O2. The first-order valence-electron chi connectivity index (χ1n) is 8.55. The van der Waals surface area contributed by atoms with Crippen molar-refractivity contribution in [3.05, 3.63) is 29.8 Å². The zero-order valence-corrected chi connectivity index (χ0v) is 15.2. The Bertz CT molecular complexity index is 532. The maximum absolute atomic E-state index is 11.8. The first-order valence-corrected chi connectivity index (χ1v) is 8.55. The molecule has 6 heteroatoms. The highest BCUT2D eigenvalue weighted by molar-refractivity contribution is 5.81. The number of para-hydroxylation sites is 1. The van der Waals surface area contributed by atoms with Crippen LogP contribution in [0, 0.1) is 0 Å². The third-order valence-electron chi connectivity index (χ3n) is 3.61. The summed E-state index contributed by atoms with van der Waals surface area (Å²) in [6, 6.07) is 8.12. The van der Waals surface area contributed by atoms with Crippen LogP contribution in [-0.2, 0) is 11.3 Å². The minimum Gasteiger partial charge on any atom is -0.494 e. The first-order chi connectivity index (χ1) is 11.6. The highest BCUT2D eigenvalue weighted by Crippen LogP contribution is 2.17. The van der Waals surface area contributed by atoms with Crippen molar-refractivity contribution in [3.8, 4) is 5.75 Å². The standard InChI is InChI=1S/C18H30N4O2/c1-5-14(3)22-17(23)11-12-20-18(19-4)21-13-15-9-7-8-10-16(15)24-6-2/h7-10,14H,5-6,11-13H2,1-4H3,(H,22,23)(H2,19,20,21). The monoisotopic (exact) mass is 334 g/mol. The highest BCUT2D eigenvalue weighted by Gasteiger charge is 2.07. The van der Waals surface area contributed by atoms with Gasteiger partial charge in [0, 0.05) is 38.2 Å². The minimum atomic E-state index is 0.0500. The van der Waals surface area contributed by atoms with Gasteiger partial charge in [-0.25, -0.2) is 0 Å². The molecule has 0 fully saturated rings. The Morgan fingerprint density at radius 3 is 2.67 bits per heavy atom. The van der Waals surface area contributed by atoms with E-state index in [4.69, 9.17) is 4.74 Å². The van der Waals surface area contributed by atoms with Crippen LogP contribution in [0.15, 0.2) is 29.3 Å². The van der Waals surface area contributed by atoms with Crippen molar-refractivity contribution in [1.29, 1.82) is 0 Å². The average Bonchev–Trinajstić information content (AvgIpc) is 2.59. The van der Waals surface area contributed by atoms with Crippen LogP contribution < -0.4 is 20.7 Å². The lowest BCUT2D eigenvalue weighted by atomic mass is 10.2. The van der Waals surface area contributed by atoms with E-state index >= 15 is 0 Å². The van der Waals surface area contributed by atoms with Crippen LogP contribution in [-0.4, -0.2) is 38.1 Å². The molecule has 1 aromatic carbocycles. The van der Waals surface area contributed by atoms with Gasteiger partial charge in [0.2, 0.25) is 5.91 Å². The maximum Gasteiger partial charge on any atom is 0.221 e. The van der Waals surface area contributed by atoms with E-state index in [1.807, 2.05) is 38.1 Å². The molecule has 6 nitrogen and oxygen atoms in total.